The zero-order valence-electron chi connectivity index (χ0n) is 11.2. The number of aliphatic hydroxyl groups excluding tert-OH is 1. The van der Waals surface area contributed by atoms with Crippen molar-refractivity contribution in [1.29, 1.82) is 0 Å². The predicted molar refractivity (Wildman–Crippen MR) is 78.7 cm³/mol. The highest BCUT2D eigenvalue weighted by molar-refractivity contribution is 7.16. The van der Waals surface area contributed by atoms with Crippen molar-refractivity contribution in [3.8, 4) is 0 Å². The van der Waals surface area contributed by atoms with E-state index in [-0.39, 0.29) is 17.3 Å². The van der Waals surface area contributed by atoms with Gasteiger partial charge in [-0.15, -0.1) is 0 Å². The van der Waals surface area contributed by atoms with Crippen molar-refractivity contribution in [2.45, 2.75) is 19.2 Å². The Balaban J connectivity index is 0.00000161. The van der Waals surface area contributed by atoms with Crippen LogP contribution in [0.15, 0.2) is 59.7 Å². The van der Waals surface area contributed by atoms with Crippen molar-refractivity contribution >= 4 is 21.6 Å². The molecule has 0 saturated carbocycles. The maximum atomic E-state index is 12.0. The van der Waals surface area contributed by atoms with Crippen LogP contribution in [-0.4, -0.2) is 15.8 Å². The standard InChI is InChI=1S/C15H15N2O2S.ClH/c18-12(10-16-8-4-1-5-9-16)11-17-13-6-2-3-7-14(13)20-15(17)19;/h1-9,12,18H,10-11H2;1H/q+1;/p-1. The van der Waals surface area contributed by atoms with Crippen molar-refractivity contribution in [3.63, 3.8) is 0 Å². The van der Waals surface area contributed by atoms with Crippen LogP contribution in [0.5, 0.6) is 0 Å². The van der Waals surface area contributed by atoms with Crippen LogP contribution in [0, 0.1) is 0 Å². The van der Waals surface area contributed by atoms with Gasteiger partial charge in [-0.1, -0.05) is 29.5 Å². The summed E-state index contributed by atoms with van der Waals surface area (Å²) in [6, 6.07) is 13.4. The molecule has 1 N–H and O–H groups in total. The molecule has 3 aromatic rings. The van der Waals surface area contributed by atoms with Gasteiger partial charge in [-0.05, 0) is 12.1 Å². The van der Waals surface area contributed by atoms with Crippen molar-refractivity contribution in [2.24, 2.45) is 0 Å². The molecule has 4 nitrogen and oxygen atoms in total. The lowest BCUT2D eigenvalue weighted by atomic mass is 10.3. The minimum atomic E-state index is -0.599. The Hall–Kier alpha value is -1.69. The van der Waals surface area contributed by atoms with E-state index in [1.54, 1.807) is 4.57 Å². The summed E-state index contributed by atoms with van der Waals surface area (Å²) in [6.45, 7) is 0.780. The fraction of sp³-hybridized carbons (Fsp3) is 0.200. The molecule has 3 rings (SSSR count). The Labute approximate surface area is 132 Å². The summed E-state index contributed by atoms with van der Waals surface area (Å²) in [5, 5.41) is 10.2. The number of para-hydroxylation sites is 1. The van der Waals surface area contributed by atoms with E-state index in [2.05, 4.69) is 0 Å². The monoisotopic (exact) mass is 322 g/mol. The highest BCUT2D eigenvalue weighted by atomic mass is 35.5. The first-order chi connectivity index (χ1) is 9.74. The zero-order valence-corrected chi connectivity index (χ0v) is 12.8. The third kappa shape index (κ3) is 3.50. The number of halogens is 1. The van der Waals surface area contributed by atoms with E-state index in [1.807, 2.05) is 59.4 Å². The molecular weight excluding hydrogens is 308 g/mol. The highest BCUT2D eigenvalue weighted by Crippen LogP contribution is 2.16. The summed E-state index contributed by atoms with van der Waals surface area (Å²) in [5.74, 6) is 0. The largest absolute Gasteiger partial charge is 1.00 e. The van der Waals surface area contributed by atoms with Crippen LogP contribution in [0.2, 0.25) is 0 Å². The quantitative estimate of drug-likeness (QED) is 0.589. The van der Waals surface area contributed by atoms with Crippen LogP contribution in [0.25, 0.3) is 10.2 Å². The maximum Gasteiger partial charge on any atom is 0.308 e. The first-order valence-electron chi connectivity index (χ1n) is 6.44. The molecule has 21 heavy (non-hydrogen) atoms. The van der Waals surface area contributed by atoms with Crippen LogP contribution < -0.4 is 21.8 Å². The summed E-state index contributed by atoms with van der Waals surface area (Å²) in [7, 11) is 0. The molecule has 0 radical (unpaired) electrons. The van der Waals surface area contributed by atoms with Crippen molar-refractivity contribution < 1.29 is 22.1 Å². The van der Waals surface area contributed by atoms with E-state index in [4.69, 9.17) is 0 Å². The number of nitrogens with zero attached hydrogens (tertiary/aromatic N) is 2. The number of fused-ring (bicyclic) bond motifs is 1. The molecule has 0 bridgehead atoms. The number of benzene rings is 1. The molecule has 2 aromatic heterocycles. The maximum absolute atomic E-state index is 12.0. The highest BCUT2D eigenvalue weighted by Gasteiger charge is 2.15. The van der Waals surface area contributed by atoms with E-state index >= 15 is 0 Å². The van der Waals surface area contributed by atoms with Gasteiger partial charge in [-0.2, -0.15) is 0 Å². The molecule has 2 heterocycles. The average Bonchev–Trinajstić information content (AvgIpc) is 2.76. The van der Waals surface area contributed by atoms with Gasteiger partial charge in [0, 0.05) is 12.1 Å². The van der Waals surface area contributed by atoms with Crippen molar-refractivity contribution in [2.75, 3.05) is 0 Å². The number of hydrogen-bond acceptors (Lipinski definition) is 3. The molecule has 0 aliphatic heterocycles. The molecule has 0 spiro atoms. The molecule has 0 saturated heterocycles. The van der Waals surface area contributed by atoms with Gasteiger partial charge >= 0.3 is 4.87 Å². The van der Waals surface area contributed by atoms with E-state index in [1.165, 1.54) is 11.3 Å². The minimum absolute atomic E-state index is 0. The number of hydrogen-bond donors (Lipinski definition) is 1. The van der Waals surface area contributed by atoms with Gasteiger partial charge in [0.05, 0.1) is 16.8 Å². The van der Waals surface area contributed by atoms with Gasteiger partial charge in [0.1, 0.15) is 6.10 Å². The second kappa shape index (κ2) is 6.85. The number of pyridine rings is 1. The van der Waals surface area contributed by atoms with Crippen molar-refractivity contribution in [3.05, 3.63) is 64.5 Å². The van der Waals surface area contributed by atoms with Gasteiger partial charge in [0.25, 0.3) is 0 Å². The number of aromatic nitrogens is 2. The van der Waals surface area contributed by atoms with E-state index in [0.29, 0.717) is 13.1 Å². The number of rotatable bonds is 4. The minimum Gasteiger partial charge on any atom is -1.00 e. The zero-order chi connectivity index (χ0) is 13.9. The fourth-order valence-corrected chi connectivity index (χ4v) is 3.16. The SMILES string of the molecule is O=c1sc2ccccc2n1CC(O)C[n+]1ccccc1.[Cl-]. The van der Waals surface area contributed by atoms with Crippen LogP contribution >= 0.6 is 11.3 Å². The lowest BCUT2D eigenvalue weighted by molar-refractivity contribution is -0.703. The smallest absolute Gasteiger partial charge is 0.308 e. The second-order valence-electron chi connectivity index (χ2n) is 4.67. The lowest BCUT2D eigenvalue weighted by Gasteiger charge is -2.08. The normalized spacial score (nSPS) is 12.0. The Bertz CT molecular complexity index is 770. The number of thiazole rings is 1. The topological polar surface area (TPSA) is 46.1 Å². The van der Waals surface area contributed by atoms with E-state index < -0.39 is 6.10 Å². The molecule has 0 aliphatic carbocycles. The molecule has 1 unspecified atom stereocenters. The summed E-state index contributed by atoms with van der Waals surface area (Å²) < 4.78 is 4.51. The lowest BCUT2D eigenvalue weighted by Crippen LogP contribution is -3.00. The summed E-state index contributed by atoms with van der Waals surface area (Å²) in [4.78, 5) is 12.0. The Morgan fingerprint density at radius 2 is 1.86 bits per heavy atom. The predicted octanol–water partition coefficient (Wildman–Crippen LogP) is -1.58. The molecule has 6 heteroatoms. The molecule has 0 amide bonds. The van der Waals surface area contributed by atoms with Gasteiger partial charge in [-0.3, -0.25) is 9.36 Å². The van der Waals surface area contributed by atoms with Gasteiger partial charge < -0.3 is 17.5 Å². The Morgan fingerprint density at radius 1 is 1.14 bits per heavy atom. The Kier molecular flexibility index (Phi) is 5.12. The van der Waals surface area contributed by atoms with E-state index in [9.17, 15) is 9.90 Å². The van der Waals surface area contributed by atoms with Crippen LogP contribution in [-0.2, 0) is 13.1 Å². The third-order valence-corrected chi connectivity index (χ3v) is 4.13. The van der Waals surface area contributed by atoms with Crippen molar-refractivity contribution in [1.82, 2.24) is 4.57 Å². The summed E-state index contributed by atoms with van der Waals surface area (Å²) in [5.41, 5.74) is 0.889. The van der Waals surface area contributed by atoms with Gasteiger partial charge in [0.15, 0.2) is 18.9 Å². The summed E-state index contributed by atoms with van der Waals surface area (Å²) in [6.07, 6.45) is 3.20. The number of aliphatic hydroxyl groups is 1. The van der Waals surface area contributed by atoms with Gasteiger partial charge in [0.2, 0.25) is 0 Å². The van der Waals surface area contributed by atoms with Crippen LogP contribution in [0.1, 0.15) is 0 Å². The fourth-order valence-electron chi connectivity index (χ4n) is 2.25. The first kappa shape index (κ1) is 15.7. The molecule has 0 fully saturated rings. The third-order valence-electron chi connectivity index (χ3n) is 3.17. The second-order valence-corrected chi connectivity index (χ2v) is 5.67. The van der Waals surface area contributed by atoms with Gasteiger partial charge in [-0.25, -0.2) is 4.57 Å². The molecule has 0 aliphatic rings. The van der Waals surface area contributed by atoms with E-state index in [0.717, 1.165) is 10.2 Å². The molecule has 1 aromatic carbocycles. The molecule has 110 valence electrons. The molecular formula is C15H15ClN2O2S. The van der Waals surface area contributed by atoms with Crippen LogP contribution in [0.4, 0.5) is 0 Å². The molecule has 1 atom stereocenters. The first-order valence-corrected chi connectivity index (χ1v) is 7.26. The average molecular weight is 323 g/mol. The summed E-state index contributed by atoms with van der Waals surface area (Å²) >= 11 is 1.22. The van der Waals surface area contributed by atoms with Crippen LogP contribution in [0.3, 0.4) is 0 Å². The Morgan fingerprint density at radius 3 is 2.62 bits per heavy atom.